The van der Waals surface area contributed by atoms with Gasteiger partial charge >= 0.3 is 0 Å². The quantitative estimate of drug-likeness (QED) is 0.707. The fourth-order valence-corrected chi connectivity index (χ4v) is 1.55. The largest absolute Gasteiger partial charge is 0.380 e. The Morgan fingerprint density at radius 2 is 2.29 bits per heavy atom. The van der Waals surface area contributed by atoms with Crippen molar-refractivity contribution in [2.75, 3.05) is 25.1 Å². The fraction of sp³-hybridized carbons (Fsp3) is 0.778. The molecule has 0 spiro atoms. The molecule has 0 aliphatic rings. The molecule has 0 aliphatic heterocycles. The molecule has 1 aromatic rings. The van der Waals surface area contributed by atoms with Gasteiger partial charge in [0, 0.05) is 24.7 Å². The van der Waals surface area contributed by atoms with E-state index in [0.29, 0.717) is 0 Å². The van der Waals surface area contributed by atoms with Gasteiger partial charge in [-0.05, 0) is 13.3 Å². The van der Waals surface area contributed by atoms with E-state index in [1.165, 1.54) is 18.0 Å². The summed E-state index contributed by atoms with van der Waals surface area (Å²) in [5, 5.41) is 4.04. The van der Waals surface area contributed by atoms with E-state index in [2.05, 4.69) is 21.6 Å². The second-order valence-corrected chi connectivity index (χ2v) is 3.79. The summed E-state index contributed by atoms with van der Waals surface area (Å²) in [6.07, 6.45) is 2.32. The van der Waals surface area contributed by atoms with Gasteiger partial charge < -0.3 is 10.1 Å². The van der Waals surface area contributed by atoms with E-state index in [-0.39, 0.29) is 0 Å². The van der Waals surface area contributed by atoms with Crippen molar-refractivity contribution in [3.05, 3.63) is 5.82 Å². The maximum absolute atomic E-state index is 5.40. The van der Waals surface area contributed by atoms with Crippen molar-refractivity contribution in [2.24, 2.45) is 0 Å². The van der Waals surface area contributed by atoms with Crippen LogP contribution >= 0.6 is 11.5 Å². The van der Waals surface area contributed by atoms with Gasteiger partial charge in [-0.3, -0.25) is 0 Å². The molecule has 0 unspecified atom stereocenters. The predicted octanol–water partition coefficient (Wildman–Crippen LogP) is 2.08. The minimum Gasteiger partial charge on any atom is -0.380 e. The topological polar surface area (TPSA) is 47.0 Å². The number of unbranched alkanes of at least 4 members (excludes halogenated alkanes) is 1. The number of rotatable bonds is 7. The molecule has 1 N–H and O–H groups in total. The first-order valence-electron chi connectivity index (χ1n) is 4.95. The van der Waals surface area contributed by atoms with Crippen LogP contribution in [0.1, 0.15) is 25.6 Å². The van der Waals surface area contributed by atoms with Gasteiger partial charge in [-0.15, -0.1) is 0 Å². The van der Waals surface area contributed by atoms with Crippen LogP contribution in [0.5, 0.6) is 0 Å². The minimum absolute atomic E-state index is 0.735. The Morgan fingerprint density at radius 3 is 2.93 bits per heavy atom. The first kappa shape index (κ1) is 11.4. The lowest BCUT2D eigenvalue weighted by molar-refractivity contribution is 0.141. The van der Waals surface area contributed by atoms with E-state index in [0.717, 1.165) is 37.1 Å². The van der Waals surface area contributed by atoms with Crippen LogP contribution in [0.3, 0.4) is 0 Å². The average Bonchev–Trinajstić information content (AvgIpc) is 2.58. The number of anilines is 1. The van der Waals surface area contributed by atoms with E-state index >= 15 is 0 Å². The summed E-state index contributed by atoms with van der Waals surface area (Å²) in [6.45, 7) is 6.44. The van der Waals surface area contributed by atoms with Crippen molar-refractivity contribution >= 4 is 16.7 Å². The van der Waals surface area contributed by atoms with Gasteiger partial charge in [-0.2, -0.15) is 4.37 Å². The second-order valence-electron chi connectivity index (χ2n) is 3.04. The van der Waals surface area contributed by atoms with E-state index in [1.807, 2.05) is 6.92 Å². The Morgan fingerprint density at radius 1 is 1.43 bits per heavy atom. The molecule has 14 heavy (non-hydrogen) atoms. The van der Waals surface area contributed by atoms with Crippen molar-refractivity contribution in [3.8, 4) is 0 Å². The van der Waals surface area contributed by atoms with Gasteiger partial charge in [0.05, 0.1) is 6.61 Å². The highest BCUT2D eigenvalue weighted by Crippen LogP contribution is 2.08. The number of hydrogen-bond acceptors (Lipinski definition) is 5. The Labute approximate surface area is 88.9 Å². The highest BCUT2D eigenvalue weighted by Gasteiger charge is 1.97. The van der Waals surface area contributed by atoms with Crippen LogP contribution in [0.2, 0.25) is 0 Å². The van der Waals surface area contributed by atoms with Crippen LogP contribution in [0, 0.1) is 6.92 Å². The number of hydrogen-bond donors (Lipinski definition) is 1. The summed E-state index contributed by atoms with van der Waals surface area (Å²) in [4.78, 5) is 4.19. The second kappa shape index (κ2) is 6.73. The lowest BCUT2D eigenvalue weighted by atomic mass is 10.4. The average molecular weight is 215 g/mol. The highest BCUT2D eigenvalue weighted by atomic mass is 32.1. The number of ether oxygens (including phenoxy) is 1. The van der Waals surface area contributed by atoms with Crippen LogP contribution in [0.15, 0.2) is 0 Å². The summed E-state index contributed by atoms with van der Waals surface area (Å²) < 4.78 is 9.47. The van der Waals surface area contributed by atoms with E-state index in [9.17, 15) is 0 Å². The van der Waals surface area contributed by atoms with Crippen LogP contribution in [0.4, 0.5) is 5.13 Å². The lowest BCUT2D eigenvalue weighted by Gasteiger charge is -2.03. The summed E-state index contributed by atoms with van der Waals surface area (Å²) in [7, 11) is 0. The summed E-state index contributed by atoms with van der Waals surface area (Å²) in [5.74, 6) is 0.824. The summed E-state index contributed by atoms with van der Waals surface area (Å²) in [6, 6.07) is 0. The molecule has 1 heterocycles. The lowest BCUT2D eigenvalue weighted by Crippen LogP contribution is -2.09. The maximum Gasteiger partial charge on any atom is 0.202 e. The zero-order chi connectivity index (χ0) is 10.2. The van der Waals surface area contributed by atoms with Crippen molar-refractivity contribution < 1.29 is 4.74 Å². The molecule has 0 radical (unpaired) electrons. The molecule has 0 atom stereocenters. The van der Waals surface area contributed by atoms with Gasteiger partial charge in [-0.25, -0.2) is 4.98 Å². The van der Waals surface area contributed by atoms with Crippen molar-refractivity contribution in [1.29, 1.82) is 0 Å². The van der Waals surface area contributed by atoms with Crippen LogP contribution in [0.25, 0.3) is 0 Å². The summed E-state index contributed by atoms with van der Waals surface area (Å²) in [5.41, 5.74) is 0. The monoisotopic (exact) mass is 215 g/mol. The SMILES string of the molecule is CCCCOCCNc1nc(C)ns1. The van der Waals surface area contributed by atoms with Gasteiger partial charge in [0.1, 0.15) is 5.82 Å². The first-order valence-corrected chi connectivity index (χ1v) is 5.72. The molecule has 0 aromatic carbocycles. The van der Waals surface area contributed by atoms with Gasteiger partial charge in [0.25, 0.3) is 0 Å². The molecule has 0 bridgehead atoms. The van der Waals surface area contributed by atoms with Crippen LogP contribution in [-0.4, -0.2) is 29.1 Å². The summed E-state index contributed by atoms with van der Waals surface area (Å²) >= 11 is 1.39. The normalized spacial score (nSPS) is 10.4. The zero-order valence-electron chi connectivity index (χ0n) is 8.75. The Balaban J connectivity index is 1.99. The van der Waals surface area contributed by atoms with Gasteiger partial charge in [0.15, 0.2) is 0 Å². The third-order valence-electron chi connectivity index (χ3n) is 1.69. The van der Waals surface area contributed by atoms with Crippen LogP contribution < -0.4 is 5.32 Å². The molecule has 0 amide bonds. The molecule has 0 saturated heterocycles. The van der Waals surface area contributed by atoms with Crippen molar-refractivity contribution in [1.82, 2.24) is 9.36 Å². The Kier molecular flexibility index (Phi) is 5.47. The first-order chi connectivity index (χ1) is 6.83. The third kappa shape index (κ3) is 4.53. The number of aryl methyl sites for hydroxylation is 1. The molecule has 0 fully saturated rings. The van der Waals surface area contributed by atoms with Crippen LogP contribution in [-0.2, 0) is 4.74 Å². The van der Waals surface area contributed by atoms with Gasteiger partial charge in [0.2, 0.25) is 5.13 Å². The van der Waals surface area contributed by atoms with E-state index in [1.54, 1.807) is 0 Å². The van der Waals surface area contributed by atoms with Gasteiger partial charge in [-0.1, -0.05) is 13.3 Å². The molecule has 0 aliphatic carbocycles. The number of nitrogens with one attached hydrogen (secondary N) is 1. The van der Waals surface area contributed by atoms with E-state index < -0.39 is 0 Å². The molecule has 1 rings (SSSR count). The highest BCUT2D eigenvalue weighted by molar-refractivity contribution is 7.09. The predicted molar refractivity (Wildman–Crippen MR) is 58.9 cm³/mol. The molecule has 5 heteroatoms. The van der Waals surface area contributed by atoms with Crippen molar-refractivity contribution in [2.45, 2.75) is 26.7 Å². The zero-order valence-corrected chi connectivity index (χ0v) is 9.56. The number of aromatic nitrogens is 2. The standard InChI is InChI=1S/C9H17N3OS/c1-3-4-6-13-7-5-10-9-11-8(2)12-14-9/h3-7H2,1-2H3,(H,10,11,12). The maximum atomic E-state index is 5.40. The van der Waals surface area contributed by atoms with Crippen molar-refractivity contribution in [3.63, 3.8) is 0 Å². The third-order valence-corrected chi connectivity index (χ3v) is 2.46. The smallest absolute Gasteiger partial charge is 0.202 e. The fourth-order valence-electron chi connectivity index (χ4n) is 0.947. The van der Waals surface area contributed by atoms with E-state index in [4.69, 9.17) is 4.74 Å². The molecule has 80 valence electrons. The Bertz CT molecular complexity index is 252. The molecule has 1 aromatic heterocycles. The molecule has 0 saturated carbocycles. The number of nitrogens with zero attached hydrogens (tertiary/aromatic N) is 2. The molecular formula is C9H17N3OS. The molecular weight excluding hydrogens is 198 g/mol. The minimum atomic E-state index is 0.735. The molecule has 4 nitrogen and oxygen atoms in total. The Hall–Kier alpha value is -0.680.